The van der Waals surface area contributed by atoms with Gasteiger partial charge in [0, 0.05) is 12.0 Å². The van der Waals surface area contributed by atoms with Crippen molar-refractivity contribution in [3.8, 4) is 0 Å². The van der Waals surface area contributed by atoms with Gasteiger partial charge in [-0.1, -0.05) is 82.2 Å². The fraction of sp³-hybridized carbons (Fsp3) is 0.500. The lowest BCUT2D eigenvalue weighted by Crippen LogP contribution is -2.02. The lowest BCUT2D eigenvalue weighted by atomic mass is 9.95. The van der Waals surface area contributed by atoms with E-state index in [2.05, 4.69) is 65.5 Å². The van der Waals surface area contributed by atoms with E-state index in [0.717, 1.165) is 30.4 Å². The molecule has 0 aromatic heterocycles. The average Bonchev–Trinajstić information content (AvgIpc) is 2.63. The molecule has 0 aliphatic rings. The van der Waals surface area contributed by atoms with Crippen molar-refractivity contribution in [1.29, 1.82) is 0 Å². The summed E-state index contributed by atoms with van der Waals surface area (Å²) in [5, 5.41) is 0. The Kier molecular flexibility index (Phi) is 10.7. The number of carbonyl (C=O) groups is 1. The van der Waals surface area contributed by atoms with E-state index in [1.54, 1.807) is 0 Å². The minimum absolute atomic E-state index is 0.216. The van der Waals surface area contributed by atoms with E-state index in [1.807, 2.05) is 12.1 Å². The summed E-state index contributed by atoms with van der Waals surface area (Å²) in [6.07, 6.45) is 13.1. The van der Waals surface area contributed by atoms with E-state index < -0.39 is 0 Å². The summed E-state index contributed by atoms with van der Waals surface area (Å²) in [7, 11) is 0. The molecule has 0 atom stereocenters. The Morgan fingerprint density at radius 2 is 1.89 bits per heavy atom. The first-order chi connectivity index (χ1) is 12.9. The number of allylic oxidation sites excluding steroid dienone is 5. The predicted molar refractivity (Wildman–Crippen MR) is 119 cm³/mol. The molecule has 0 saturated carbocycles. The third kappa shape index (κ3) is 9.04. The number of Topliss-reactive ketones (excluding diaryl/α,β-unsaturated/α-hetero) is 1. The highest BCUT2D eigenvalue weighted by Gasteiger charge is 2.09. The predicted octanol–water partition coefficient (Wildman–Crippen LogP) is 7.66. The number of benzene rings is 1. The number of rotatable bonds is 12. The molecule has 1 aromatic rings. The van der Waals surface area contributed by atoms with Crippen LogP contribution >= 0.6 is 0 Å². The van der Waals surface area contributed by atoms with E-state index >= 15 is 0 Å². The van der Waals surface area contributed by atoms with Crippen LogP contribution in [0.4, 0.5) is 0 Å². The smallest absolute Gasteiger partial charge is 0.163 e. The maximum Gasteiger partial charge on any atom is 0.163 e. The van der Waals surface area contributed by atoms with Crippen LogP contribution in [0.25, 0.3) is 0 Å². The topological polar surface area (TPSA) is 17.1 Å². The SMILES string of the molecule is C=C(C=CC=C(C)CC(C)C)CCC(=O)c1ccc(CCCC)c(CC)c1. The summed E-state index contributed by atoms with van der Waals surface area (Å²) < 4.78 is 0. The quantitative estimate of drug-likeness (QED) is 0.274. The van der Waals surface area contributed by atoms with Crippen LogP contribution in [0.15, 0.2) is 54.2 Å². The molecule has 0 heterocycles. The minimum atomic E-state index is 0.216. The Balaban J connectivity index is 2.60. The molecule has 148 valence electrons. The lowest BCUT2D eigenvalue weighted by Gasteiger charge is -2.10. The molecule has 0 fully saturated rings. The molecule has 1 nitrogen and oxygen atoms in total. The lowest BCUT2D eigenvalue weighted by molar-refractivity contribution is 0.0983. The van der Waals surface area contributed by atoms with Crippen LogP contribution in [0.1, 0.15) is 88.2 Å². The third-order valence-electron chi connectivity index (χ3n) is 4.82. The van der Waals surface area contributed by atoms with Gasteiger partial charge in [-0.2, -0.15) is 0 Å². The maximum atomic E-state index is 12.6. The second-order valence-corrected chi connectivity index (χ2v) is 7.99. The van der Waals surface area contributed by atoms with Crippen LogP contribution in [0, 0.1) is 5.92 Å². The third-order valence-corrected chi connectivity index (χ3v) is 4.82. The molecule has 0 radical (unpaired) electrons. The molecule has 0 aliphatic heterocycles. The molecule has 0 aliphatic carbocycles. The summed E-state index contributed by atoms with van der Waals surface area (Å²) in [6.45, 7) is 15.1. The molecule has 1 aromatic carbocycles. The largest absolute Gasteiger partial charge is 0.294 e. The van der Waals surface area contributed by atoms with Gasteiger partial charge in [0.15, 0.2) is 5.78 Å². The average molecular weight is 367 g/mol. The Hall–Kier alpha value is -1.89. The van der Waals surface area contributed by atoms with Gasteiger partial charge in [0.1, 0.15) is 0 Å². The van der Waals surface area contributed by atoms with Crippen molar-refractivity contribution in [3.63, 3.8) is 0 Å². The number of aryl methyl sites for hydroxylation is 2. The van der Waals surface area contributed by atoms with Crippen molar-refractivity contribution in [2.24, 2.45) is 5.92 Å². The summed E-state index contributed by atoms with van der Waals surface area (Å²) in [4.78, 5) is 12.6. The number of unbranched alkanes of at least 4 members (excludes halogenated alkanes) is 1. The fourth-order valence-corrected chi connectivity index (χ4v) is 3.30. The van der Waals surface area contributed by atoms with Gasteiger partial charge in [-0.15, -0.1) is 0 Å². The summed E-state index contributed by atoms with van der Waals surface area (Å²) in [5.74, 6) is 0.893. The molecular formula is C26H38O. The van der Waals surface area contributed by atoms with E-state index in [-0.39, 0.29) is 5.78 Å². The summed E-state index contributed by atoms with van der Waals surface area (Å²) >= 11 is 0. The number of carbonyl (C=O) groups excluding carboxylic acids is 1. The standard InChI is InChI=1S/C26H38O/c1-7-9-13-24-15-16-25(19-23(24)8-2)26(27)17-14-21(5)11-10-12-22(6)18-20(3)4/h10-12,15-16,19-20H,5,7-9,13-14,17-18H2,1-4,6H3. The van der Waals surface area contributed by atoms with Gasteiger partial charge in [0.2, 0.25) is 0 Å². The van der Waals surface area contributed by atoms with Gasteiger partial charge >= 0.3 is 0 Å². The van der Waals surface area contributed by atoms with Gasteiger partial charge in [-0.3, -0.25) is 4.79 Å². The van der Waals surface area contributed by atoms with Crippen LogP contribution in [-0.2, 0) is 12.8 Å². The zero-order valence-corrected chi connectivity index (χ0v) is 18.1. The molecular weight excluding hydrogens is 328 g/mol. The molecule has 0 saturated heterocycles. The molecule has 27 heavy (non-hydrogen) atoms. The van der Waals surface area contributed by atoms with Crippen LogP contribution in [-0.4, -0.2) is 5.78 Å². The van der Waals surface area contributed by atoms with Gasteiger partial charge < -0.3 is 0 Å². The zero-order chi connectivity index (χ0) is 20.2. The van der Waals surface area contributed by atoms with Crippen molar-refractivity contribution >= 4 is 5.78 Å². The van der Waals surface area contributed by atoms with Crippen molar-refractivity contribution in [1.82, 2.24) is 0 Å². The highest BCUT2D eigenvalue weighted by atomic mass is 16.1. The molecule has 0 amide bonds. The normalized spacial score (nSPS) is 12.1. The minimum Gasteiger partial charge on any atom is -0.294 e. The second kappa shape index (κ2) is 12.5. The number of hydrogen-bond acceptors (Lipinski definition) is 1. The second-order valence-electron chi connectivity index (χ2n) is 7.99. The van der Waals surface area contributed by atoms with E-state index in [9.17, 15) is 4.79 Å². The first kappa shape index (κ1) is 23.1. The Labute approximate surface area is 167 Å². The van der Waals surface area contributed by atoms with Gasteiger partial charge in [-0.25, -0.2) is 0 Å². The number of hydrogen-bond donors (Lipinski definition) is 0. The van der Waals surface area contributed by atoms with Gasteiger partial charge in [0.25, 0.3) is 0 Å². The van der Waals surface area contributed by atoms with E-state index in [0.29, 0.717) is 18.8 Å². The molecule has 0 unspecified atom stereocenters. The highest BCUT2D eigenvalue weighted by molar-refractivity contribution is 5.96. The van der Waals surface area contributed by atoms with Crippen molar-refractivity contribution in [3.05, 3.63) is 70.8 Å². The first-order valence-corrected chi connectivity index (χ1v) is 10.5. The van der Waals surface area contributed by atoms with Gasteiger partial charge in [0.05, 0.1) is 0 Å². The van der Waals surface area contributed by atoms with E-state index in [1.165, 1.54) is 29.5 Å². The van der Waals surface area contributed by atoms with Crippen LogP contribution < -0.4 is 0 Å². The van der Waals surface area contributed by atoms with Crippen LogP contribution in [0.3, 0.4) is 0 Å². The summed E-state index contributed by atoms with van der Waals surface area (Å²) in [5.41, 5.74) is 5.94. The van der Waals surface area contributed by atoms with Gasteiger partial charge in [-0.05, 0) is 62.1 Å². The maximum absolute atomic E-state index is 12.6. The molecule has 1 heteroatoms. The monoisotopic (exact) mass is 366 g/mol. The van der Waals surface area contributed by atoms with E-state index in [4.69, 9.17) is 0 Å². The Bertz CT molecular complexity index is 673. The highest BCUT2D eigenvalue weighted by Crippen LogP contribution is 2.18. The first-order valence-electron chi connectivity index (χ1n) is 10.5. The summed E-state index contributed by atoms with van der Waals surface area (Å²) in [6, 6.07) is 6.26. The zero-order valence-electron chi connectivity index (χ0n) is 18.1. The molecule has 0 spiro atoms. The van der Waals surface area contributed by atoms with Crippen LogP contribution in [0.5, 0.6) is 0 Å². The molecule has 1 rings (SSSR count). The molecule has 0 N–H and O–H groups in total. The fourth-order valence-electron chi connectivity index (χ4n) is 3.30. The number of ketones is 1. The Morgan fingerprint density at radius 1 is 1.15 bits per heavy atom. The Morgan fingerprint density at radius 3 is 2.52 bits per heavy atom. The van der Waals surface area contributed by atoms with Crippen molar-refractivity contribution < 1.29 is 4.79 Å². The van der Waals surface area contributed by atoms with Crippen molar-refractivity contribution in [2.45, 2.75) is 79.6 Å². The molecule has 0 bridgehead atoms. The van der Waals surface area contributed by atoms with Crippen molar-refractivity contribution in [2.75, 3.05) is 0 Å². The van der Waals surface area contributed by atoms with Crippen LogP contribution in [0.2, 0.25) is 0 Å².